The SMILES string of the molecule is COc1ccccc1C(=O)[C@@H]1C(=O)[C@@H](C(C)C)CC[C@@H]1C. The van der Waals surface area contributed by atoms with Gasteiger partial charge in [-0.25, -0.2) is 0 Å². The number of ketones is 2. The highest BCUT2D eigenvalue weighted by atomic mass is 16.5. The maximum Gasteiger partial charge on any atom is 0.177 e. The van der Waals surface area contributed by atoms with Crippen LogP contribution in [0.2, 0.25) is 0 Å². The van der Waals surface area contributed by atoms with Gasteiger partial charge in [0.15, 0.2) is 5.78 Å². The van der Waals surface area contributed by atoms with E-state index in [0.29, 0.717) is 11.3 Å². The van der Waals surface area contributed by atoms with Crippen molar-refractivity contribution >= 4 is 11.6 Å². The molecule has 0 spiro atoms. The van der Waals surface area contributed by atoms with Crippen LogP contribution in [0.1, 0.15) is 44.0 Å². The topological polar surface area (TPSA) is 43.4 Å². The molecule has 1 saturated carbocycles. The lowest BCUT2D eigenvalue weighted by molar-refractivity contribution is -0.130. The van der Waals surface area contributed by atoms with Crippen LogP contribution < -0.4 is 4.74 Å². The number of hydrogen-bond donors (Lipinski definition) is 0. The van der Waals surface area contributed by atoms with Gasteiger partial charge in [-0.3, -0.25) is 9.59 Å². The number of Topliss-reactive ketones (excluding diaryl/α,β-unsaturated/α-hetero) is 2. The van der Waals surface area contributed by atoms with Crippen LogP contribution in [-0.4, -0.2) is 18.7 Å². The second-order valence-electron chi connectivity index (χ2n) is 6.35. The average molecular weight is 288 g/mol. The summed E-state index contributed by atoms with van der Waals surface area (Å²) >= 11 is 0. The molecule has 0 bridgehead atoms. The first kappa shape index (κ1) is 15.7. The summed E-state index contributed by atoms with van der Waals surface area (Å²) in [6.07, 6.45) is 1.83. The molecular weight excluding hydrogens is 264 g/mol. The van der Waals surface area contributed by atoms with Gasteiger partial charge in [0.05, 0.1) is 18.6 Å². The summed E-state index contributed by atoms with van der Waals surface area (Å²) in [7, 11) is 1.55. The zero-order valence-electron chi connectivity index (χ0n) is 13.3. The molecule has 0 heterocycles. The molecule has 2 rings (SSSR count). The summed E-state index contributed by atoms with van der Waals surface area (Å²) in [5.41, 5.74) is 0.523. The van der Waals surface area contributed by atoms with E-state index >= 15 is 0 Å². The molecule has 0 aromatic heterocycles. The molecule has 1 aromatic carbocycles. The van der Waals surface area contributed by atoms with Crippen LogP contribution >= 0.6 is 0 Å². The summed E-state index contributed by atoms with van der Waals surface area (Å²) in [4.78, 5) is 25.6. The fourth-order valence-electron chi connectivity index (χ4n) is 3.33. The molecule has 114 valence electrons. The normalized spacial score (nSPS) is 26.0. The maximum absolute atomic E-state index is 12.9. The molecule has 1 fully saturated rings. The minimum Gasteiger partial charge on any atom is -0.496 e. The van der Waals surface area contributed by atoms with Crippen LogP contribution in [0, 0.1) is 23.7 Å². The monoisotopic (exact) mass is 288 g/mol. The van der Waals surface area contributed by atoms with Gasteiger partial charge in [0.1, 0.15) is 11.5 Å². The van der Waals surface area contributed by atoms with Gasteiger partial charge in [0.2, 0.25) is 0 Å². The fourth-order valence-corrected chi connectivity index (χ4v) is 3.33. The van der Waals surface area contributed by atoms with Crippen LogP contribution in [0.3, 0.4) is 0 Å². The summed E-state index contributed by atoms with van der Waals surface area (Å²) in [5, 5.41) is 0. The van der Waals surface area contributed by atoms with Gasteiger partial charge < -0.3 is 4.74 Å². The quantitative estimate of drug-likeness (QED) is 0.626. The standard InChI is InChI=1S/C18H24O3/c1-11(2)13-10-9-12(3)16(17(13)19)18(20)14-7-5-6-8-15(14)21-4/h5-8,11-13,16H,9-10H2,1-4H3/t12-,13+,16-/m0/s1. The summed E-state index contributed by atoms with van der Waals surface area (Å²) in [5.74, 6) is 0.444. The van der Waals surface area contributed by atoms with Crippen molar-refractivity contribution in [3.8, 4) is 5.75 Å². The van der Waals surface area contributed by atoms with Crippen LogP contribution in [0.4, 0.5) is 0 Å². The Morgan fingerprint density at radius 3 is 2.52 bits per heavy atom. The van der Waals surface area contributed by atoms with E-state index in [9.17, 15) is 9.59 Å². The van der Waals surface area contributed by atoms with Crippen LogP contribution in [-0.2, 0) is 4.79 Å². The molecule has 1 aliphatic carbocycles. The predicted octanol–water partition coefficient (Wildman–Crippen LogP) is 3.77. The maximum atomic E-state index is 12.9. The van der Waals surface area contributed by atoms with E-state index in [4.69, 9.17) is 4.74 Å². The highest BCUT2D eigenvalue weighted by molar-refractivity contribution is 6.13. The summed E-state index contributed by atoms with van der Waals surface area (Å²) in [6.45, 7) is 6.12. The Labute approximate surface area is 126 Å². The molecule has 21 heavy (non-hydrogen) atoms. The summed E-state index contributed by atoms with van der Waals surface area (Å²) in [6, 6.07) is 7.16. The molecule has 3 heteroatoms. The lowest BCUT2D eigenvalue weighted by Crippen LogP contribution is -2.41. The Hall–Kier alpha value is -1.64. The third-order valence-corrected chi connectivity index (χ3v) is 4.63. The van der Waals surface area contributed by atoms with Gasteiger partial charge in [-0.05, 0) is 36.8 Å². The van der Waals surface area contributed by atoms with Crippen molar-refractivity contribution in [1.82, 2.24) is 0 Å². The molecule has 0 unspecified atom stereocenters. The number of rotatable bonds is 4. The van der Waals surface area contributed by atoms with Gasteiger partial charge in [-0.1, -0.05) is 32.9 Å². The van der Waals surface area contributed by atoms with Crippen molar-refractivity contribution < 1.29 is 14.3 Å². The van der Waals surface area contributed by atoms with Gasteiger partial charge in [-0.2, -0.15) is 0 Å². The first-order valence-corrected chi connectivity index (χ1v) is 7.68. The largest absolute Gasteiger partial charge is 0.496 e. The van der Waals surface area contributed by atoms with E-state index in [0.717, 1.165) is 12.8 Å². The zero-order chi connectivity index (χ0) is 15.6. The van der Waals surface area contributed by atoms with E-state index in [1.807, 2.05) is 19.1 Å². The molecule has 0 N–H and O–H groups in total. The number of benzene rings is 1. The van der Waals surface area contributed by atoms with Crippen LogP contribution in [0.25, 0.3) is 0 Å². The predicted molar refractivity (Wildman–Crippen MR) is 82.5 cm³/mol. The molecule has 0 saturated heterocycles. The number of ether oxygens (including phenoxy) is 1. The van der Waals surface area contributed by atoms with E-state index in [1.165, 1.54) is 0 Å². The van der Waals surface area contributed by atoms with E-state index in [-0.39, 0.29) is 29.3 Å². The Kier molecular flexibility index (Phi) is 4.81. The number of para-hydroxylation sites is 1. The number of carbonyl (C=O) groups is 2. The van der Waals surface area contributed by atoms with Crippen molar-refractivity contribution in [2.75, 3.05) is 7.11 Å². The van der Waals surface area contributed by atoms with E-state index in [1.54, 1.807) is 19.2 Å². The number of hydrogen-bond acceptors (Lipinski definition) is 3. The highest BCUT2D eigenvalue weighted by Crippen LogP contribution is 2.37. The number of methoxy groups -OCH3 is 1. The zero-order valence-corrected chi connectivity index (χ0v) is 13.3. The molecule has 1 aromatic rings. The first-order valence-electron chi connectivity index (χ1n) is 7.68. The van der Waals surface area contributed by atoms with Crippen molar-refractivity contribution in [1.29, 1.82) is 0 Å². The number of carbonyl (C=O) groups excluding carboxylic acids is 2. The highest BCUT2D eigenvalue weighted by Gasteiger charge is 2.42. The van der Waals surface area contributed by atoms with Gasteiger partial charge in [-0.15, -0.1) is 0 Å². The Morgan fingerprint density at radius 2 is 1.90 bits per heavy atom. The minimum absolute atomic E-state index is 0.00450. The van der Waals surface area contributed by atoms with Gasteiger partial charge in [0.25, 0.3) is 0 Å². The molecule has 0 aliphatic heterocycles. The van der Waals surface area contributed by atoms with Gasteiger partial charge in [0, 0.05) is 5.92 Å². The molecule has 3 atom stereocenters. The first-order chi connectivity index (χ1) is 9.97. The Balaban J connectivity index is 2.34. The molecule has 3 nitrogen and oxygen atoms in total. The molecule has 0 radical (unpaired) electrons. The van der Waals surface area contributed by atoms with Crippen LogP contribution in [0.5, 0.6) is 5.75 Å². The molecule has 1 aliphatic rings. The van der Waals surface area contributed by atoms with E-state index < -0.39 is 5.92 Å². The second-order valence-corrected chi connectivity index (χ2v) is 6.35. The van der Waals surface area contributed by atoms with E-state index in [2.05, 4.69) is 13.8 Å². The smallest absolute Gasteiger partial charge is 0.177 e. The molecular formula is C18H24O3. The lowest BCUT2D eigenvalue weighted by atomic mass is 9.68. The third kappa shape index (κ3) is 3.02. The Bertz CT molecular complexity index is 533. The van der Waals surface area contributed by atoms with Crippen molar-refractivity contribution in [2.24, 2.45) is 23.7 Å². The Morgan fingerprint density at radius 1 is 1.24 bits per heavy atom. The third-order valence-electron chi connectivity index (χ3n) is 4.63. The van der Waals surface area contributed by atoms with Crippen molar-refractivity contribution in [3.63, 3.8) is 0 Å². The minimum atomic E-state index is -0.526. The van der Waals surface area contributed by atoms with Crippen molar-refractivity contribution in [3.05, 3.63) is 29.8 Å². The van der Waals surface area contributed by atoms with Crippen LogP contribution in [0.15, 0.2) is 24.3 Å². The fraction of sp³-hybridized carbons (Fsp3) is 0.556. The average Bonchev–Trinajstić information content (AvgIpc) is 2.46. The summed E-state index contributed by atoms with van der Waals surface area (Å²) < 4.78 is 5.27. The molecule has 0 amide bonds. The van der Waals surface area contributed by atoms with Gasteiger partial charge >= 0.3 is 0 Å². The second kappa shape index (κ2) is 6.42. The van der Waals surface area contributed by atoms with Crippen molar-refractivity contribution in [2.45, 2.75) is 33.6 Å². The lowest BCUT2D eigenvalue weighted by Gasteiger charge is -2.34.